The predicted octanol–water partition coefficient (Wildman–Crippen LogP) is -0.0517. The van der Waals surface area contributed by atoms with E-state index in [9.17, 15) is 23.1 Å². The second kappa shape index (κ2) is 5.94. The Labute approximate surface area is 152 Å². The van der Waals surface area contributed by atoms with Crippen molar-refractivity contribution in [3.05, 3.63) is 29.7 Å². The van der Waals surface area contributed by atoms with Crippen LogP contribution in [0, 0.1) is 5.82 Å². The number of aromatic amines is 1. The van der Waals surface area contributed by atoms with Crippen molar-refractivity contribution in [1.29, 1.82) is 0 Å². The van der Waals surface area contributed by atoms with E-state index in [1.807, 2.05) is 0 Å². The fourth-order valence-corrected chi connectivity index (χ4v) is 4.06. The summed E-state index contributed by atoms with van der Waals surface area (Å²) in [6.07, 6.45) is 0.913. The molecule has 3 heterocycles. The summed E-state index contributed by atoms with van der Waals surface area (Å²) in [6, 6.07) is 3.67. The summed E-state index contributed by atoms with van der Waals surface area (Å²) in [6.45, 7) is 0.608. The predicted molar refractivity (Wildman–Crippen MR) is 90.6 cm³/mol. The monoisotopic (exact) mass is 395 g/mol. The molecule has 2 saturated heterocycles. The molecule has 0 spiro atoms. The second-order valence-electron chi connectivity index (χ2n) is 6.14. The van der Waals surface area contributed by atoms with E-state index < -0.39 is 39.9 Å². The highest BCUT2D eigenvalue weighted by molar-refractivity contribution is 7.92. The molecule has 2 aliphatic heterocycles. The Balaban J connectivity index is 1.74. The lowest BCUT2D eigenvalue weighted by Gasteiger charge is -2.29. The third kappa shape index (κ3) is 2.77. The summed E-state index contributed by atoms with van der Waals surface area (Å²) in [7, 11) is -4.30. The lowest BCUT2D eigenvalue weighted by molar-refractivity contribution is -0.117. The molecule has 0 saturated carbocycles. The molecule has 2 aromatic rings. The number of amides is 2. The van der Waals surface area contributed by atoms with Gasteiger partial charge in [-0.2, -0.15) is 13.5 Å². The zero-order valence-corrected chi connectivity index (χ0v) is 14.6. The van der Waals surface area contributed by atoms with Crippen molar-refractivity contribution >= 4 is 27.7 Å². The Morgan fingerprint density at radius 1 is 1.30 bits per heavy atom. The van der Waals surface area contributed by atoms with Crippen LogP contribution in [0.5, 0.6) is 5.75 Å². The third-order valence-electron chi connectivity index (χ3n) is 4.39. The maximum absolute atomic E-state index is 15.0. The first-order valence-electron chi connectivity index (χ1n) is 7.98. The molecule has 0 unspecified atom stereocenters. The second-order valence-corrected chi connectivity index (χ2v) is 7.74. The maximum atomic E-state index is 15.0. The lowest BCUT2D eigenvalue weighted by atomic mass is 10.1. The van der Waals surface area contributed by atoms with Gasteiger partial charge in [-0.25, -0.2) is 13.4 Å². The van der Waals surface area contributed by atoms with Crippen LogP contribution in [0.25, 0.3) is 11.3 Å². The van der Waals surface area contributed by atoms with Crippen LogP contribution < -0.4 is 9.03 Å². The Morgan fingerprint density at radius 2 is 2.04 bits per heavy atom. The third-order valence-corrected chi connectivity index (χ3v) is 5.77. The number of aromatic hydroxyl groups is 1. The first-order valence-corrected chi connectivity index (χ1v) is 9.42. The molecule has 1 aromatic heterocycles. The minimum Gasteiger partial charge on any atom is -0.506 e. The molecule has 2 aliphatic rings. The number of phenolic OH excluding ortho intramolecular Hbond substituents is 1. The van der Waals surface area contributed by atoms with Crippen LogP contribution in [-0.4, -0.2) is 60.1 Å². The lowest BCUT2D eigenvalue weighted by Crippen LogP contribution is -2.42. The van der Waals surface area contributed by atoms with E-state index in [2.05, 4.69) is 10.2 Å². The highest BCUT2D eigenvalue weighted by Gasteiger charge is 2.38. The fourth-order valence-electron chi connectivity index (χ4n) is 2.90. The van der Waals surface area contributed by atoms with Crippen LogP contribution >= 0.6 is 0 Å². The van der Waals surface area contributed by atoms with Crippen molar-refractivity contribution in [2.24, 2.45) is 0 Å². The van der Waals surface area contributed by atoms with Gasteiger partial charge in [0, 0.05) is 18.7 Å². The van der Waals surface area contributed by atoms with Gasteiger partial charge in [0.15, 0.2) is 11.5 Å². The molecular formula is C15H14FN5O5S. The number of H-pyrrole nitrogens is 1. The Hall–Kier alpha value is -3.15. The van der Waals surface area contributed by atoms with E-state index in [-0.39, 0.29) is 22.9 Å². The standard InChI is InChI=1S/C15H14FN5O5S/c16-13-8(9-6-10(18-17-9)15(24)20-4-1-5-20)2-3-11(22)14(13)21-7-12(23)19-27(21,25)26/h2-3,6,22H,1,4-5,7H2,(H,17,18)(H,19,23). The summed E-state index contributed by atoms with van der Waals surface area (Å²) in [5.41, 5.74) is -0.526. The summed E-state index contributed by atoms with van der Waals surface area (Å²) in [5.74, 6) is -2.85. The van der Waals surface area contributed by atoms with E-state index in [1.165, 1.54) is 12.1 Å². The number of benzene rings is 1. The Bertz CT molecular complexity index is 1060. The van der Waals surface area contributed by atoms with E-state index in [1.54, 1.807) is 9.62 Å². The van der Waals surface area contributed by atoms with Gasteiger partial charge in [0.1, 0.15) is 18.0 Å². The number of hydrogen-bond donors (Lipinski definition) is 3. The van der Waals surface area contributed by atoms with Crippen molar-refractivity contribution < 1.29 is 27.5 Å². The first-order chi connectivity index (χ1) is 12.8. The van der Waals surface area contributed by atoms with Gasteiger partial charge in [0.2, 0.25) is 0 Å². The highest BCUT2D eigenvalue weighted by atomic mass is 32.2. The molecule has 4 rings (SSSR count). The molecule has 0 aliphatic carbocycles. The molecule has 3 N–H and O–H groups in total. The van der Waals surface area contributed by atoms with Gasteiger partial charge < -0.3 is 10.0 Å². The number of anilines is 1. The molecular weight excluding hydrogens is 381 g/mol. The molecule has 27 heavy (non-hydrogen) atoms. The average Bonchev–Trinajstić information content (AvgIpc) is 3.10. The number of nitrogens with one attached hydrogen (secondary N) is 2. The summed E-state index contributed by atoms with van der Waals surface area (Å²) in [5, 5.41) is 16.4. The van der Waals surface area contributed by atoms with E-state index in [0.717, 1.165) is 12.5 Å². The number of likely N-dealkylation sites (tertiary alicyclic amines) is 1. The van der Waals surface area contributed by atoms with Gasteiger partial charge in [0.05, 0.1) is 5.69 Å². The van der Waals surface area contributed by atoms with E-state index >= 15 is 4.39 Å². The average molecular weight is 395 g/mol. The molecule has 2 fully saturated rings. The topological polar surface area (TPSA) is 136 Å². The van der Waals surface area contributed by atoms with Crippen molar-refractivity contribution in [2.75, 3.05) is 23.9 Å². The van der Waals surface area contributed by atoms with Gasteiger partial charge in [-0.15, -0.1) is 0 Å². The van der Waals surface area contributed by atoms with Crippen molar-refractivity contribution in [3.8, 4) is 17.0 Å². The van der Waals surface area contributed by atoms with E-state index in [0.29, 0.717) is 17.4 Å². The molecule has 142 valence electrons. The normalized spacial score (nSPS) is 18.3. The van der Waals surface area contributed by atoms with Gasteiger partial charge in [-0.05, 0) is 24.6 Å². The van der Waals surface area contributed by atoms with Crippen LogP contribution in [0.4, 0.5) is 10.1 Å². The smallest absolute Gasteiger partial charge is 0.326 e. The minimum atomic E-state index is -4.30. The van der Waals surface area contributed by atoms with E-state index in [4.69, 9.17) is 0 Å². The number of aromatic nitrogens is 2. The zero-order chi connectivity index (χ0) is 19.3. The van der Waals surface area contributed by atoms with Crippen LogP contribution in [-0.2, 0) is 15.0 Å². The van der Waals surface area contributed by atoms with Gasteiger partial charge >= 0.3 is 10.2 Å². The number of carbonyl (C=O) groups excluding carboxylic acids is 2. The van der Waals surface area contributed by atoms with Crippen LogP contribution in [0.15, 0.2) is 18.2 Å². The quantitative estimate of drug-likeness (QED) is 0.667. The van der Waals surface area contributed by atoms with Crippen LogP contribution in [0.1, 0.15) is 16.9 Å². The molecule has 2 amide bonds. The molecule has 0 radical (unpaired) electrons. The first kappa shape index (κ1) is 17.3. The van der Waals surface area contributed by atoms with Crippen LogP contribution in [0.3, 0.4) is 0 Å². The minimum absolute atomic E-state index is 0.101. The van der Waals surface area contributed by atoms with Gasteiger partial charge in [0.25, 0.3) is 11.8 Å². The molecule has 0 atom stereocenters. The SMILES string of the molecule is O=C1CN(c2c(O)ccc(-c3cc(C(=O)N4CCC4)n[nH]3)c2F)S(=O)(=O)N1. The van der Waals surface area contributed by atoms with Crippen LogP contribution in [0.2, 0.25) is 0 Å². The number of nitrogens with zero attached hydrogens (tertiary/aromatic N) is 3. The number of halogens is 1. The zero-order valence-electron chi connectivity index (χ0n) is 13.8. The largest absolute Gasteiger partial charge is 0.506 e. The molecule has 12 heteroatoms. The fraction of sp³-hybridized carbons (Fsp3) is 0.267. The van der Waals surface area contributed by atoms with Crippen molar-refractivity contribution in [2.45, 2.75) is 6.42 Å². The summed E-state index contributed by atoms with van der Waals surface area (Å²) >= 11 is 0. The Morgan fingerprint density at radius 3 is 2.63 bits per heavy atom. The number of carbonyl (C=O) groups is 2. The molecule has 0 bridgehead atoms. The van der Waals surface area contributed by atoms with Crippen molar-refractivity contribution in [3.63, 3.8) is 0 Å². The highest BCUT2D eigenvalue weighted by Crippen LogP contribution is 2.38. The number of phenols is 1. The van der Waals surface area contributed by atoms with Gasteiger partial charge in [-0.3, -0.25) is 14.7 Å². The summed E-state index contributed by atoms with van der Waals surface area (Å²) in [4.78, 5) is 25.2. The number of hydrogen-bond acceptors (Lipinski definition) is 6. The molecule has 1 aromatic carbocycles. The summed E-state index contributed by atoms with van der Waals surface area (Å²) < 4.78 is 41.2. The maximum Gasteiger partial charge on any atom is 0.326 e. The number of rotatable bonds is 3. The molecule has 10 nitrogen and oxygen atoms in total. The Kier molecular flexibility index (Phi) is 3.80. The van der Waals surface area contributed by atoms with Crippen molar-refractivity contribution in [1.82, 2.24) is 19.8 Å². The van der Waals surface area contributed by atoms with Gasteiger partial charge in [-0.1, -0.05) is 0 Å².